The number of halogens is 2. The van der Waals surface area contributed by atoms with Gasteiger partial charge in [0.05, 0.1) is 30.8 Å². The Labute approximate surface area is 220 Å². The second-order valence-electron chi connectivity index (χ2n) is 9.48. The number of aliphatic hydroxyl groups is 3. The Morgan fingerprint density at radius 3 is 2.79 bits per heavy atom. The molecule has 2 aromatic heterocycles. The molecule has 0 unspecified atom stereocenters. The first kappa shape index (κ1) is 27.3. The number of aliphatic hydroxyl groups excluding tert-OH is 3. The molecule has 0 amide bonds. The maximum absolute atomic E-state index is 13.6. The lowest BCUT2D eigenvalue weighted by Gasteiger charge is -2.29. The van der Waals surface area contributed by atoms with Gasteiger partial charge in [0.25, 0.3) is 0 Å². The van der Waals surface area contributed by atoms with Crippen molar-refractivity contribution >= 4 is 36.0 Å². The molecule has 0 radical (unpaired) electrons. The number of rotatable bonds is 8. The monoisotopic (exact) mass is 573 g/mol. The summed E-state index contributed by atoms with van der Waals surface area (Å²) in [5.41, 5.74) is 2.03. The largest absolute Gasteiger partial charge is 0.393 e. The highest BCUT2D eigenvalue weighted by Crippen LogP contribution is 2.51. The fourth-order valence-electron chi connectivity index (χ4n) is 4.65. The van der Waals surface area contributed by atoms with E-state index in [1.165, 1.54) is 23.0 Å². The van der Waals surface area contributed by atoms with Crippen molar-refractivity contribution in [1.82, 2.24) is 19.7 Å². The third-order valence-electron chi connectivity index (χ3n) is 6.97. The highest BCUT2D eigenvalue weighted by Gasteiger charge is 2.48. The number of aromatic nitrogens is 4. The summed E-state index contributed by atoms with van der Waals surface area (Å²) in [5.74, 6) is 0.0589. The van der Waals surface area contributed by atoms with E-state index >= 15 is 0 Å². The summed E-state index contributed by atoms with van der Waals surface area (Å²) in [6.45, 7) is -0.501. The van der Waals surface area contributed by atoms with E-state index < -0.39 is 50.7 Å². The molecule has 1 aliphatic heterocycles. The molecule has 3 aromatic rings. The van der Waals surface area contributed by atoms with Gasteiger partial charge in [-0.25, -0.2) is 9.07 Å². The second-order valence-corrected chi connectivity index (χ2v) is 11.9. The van der Waals surface area contributed by atoms with Gasteiger partial charge in [0, 0.05) is 0 Å². The Morgan fingerprint density at radius 1 is 1.32 bits per heavy atom. The molecule has 38 heavy (non-hydrogen) atoms. The minimum Gasteiger partial charge on any atom is -0.393 e. The fraction of sp³-hybridized carbons (Fsp3) is 0.500. The van der Waals surface area contributed by atoms with Gasteiger partial charge in [-0.3, -0.25) is 4.57 Å². The van der Waals surface area contributed by atoms with E-state index in [0.717, 1.165) is 18.1 Å². The quantitative estimate of drug-likeness (QED) is 0.167. The van der Waals surface area contributed by atoms with E-state index in [-0.39, 0.29) is 22.8 Å². The summed E-state index contributed by atoms with van der Waals surface area (Å²) in [6.07, 6.45) is -2.65. The van der Waals surface area contributed by atoms with Crippen molar-refractivity contribution in [3.63, 3.8) is 0 Å². The average Bonchev–Trinajstić information content (AvgIpc) is 3.53. The van der Waals surface area contributed by atoms with Gasteiger partial charge in [-0.05, 0) is 54.6 Å². The predicted octanol–water partition coefficient (Wildman–Crippen LogP) is 1.24. The number of nitrogens with zero attached hydrogens (tertiary/aromatic N) is 4. The van der Waals surface area contributed by atoms with Crippen molar-refractivity contribution < 1.29 is 43.5 Å². The third-order valence-corrected chi connectivity index (χ3v) is 8.64. The third kappa shape index (κ3) is 4.81. The Kier molecular flexibility index (Phi) is 7.22. The van der Waals surface area contributed by atoms with Crippen LogP contribution in [0.2, 0.25) is 5.28 Å². The molecule has 0 spiro atoms. The van der Waals surface area contributed by atoms with Gasteiger partial charge in [0.2, 0.25) is 5.28 Å². The lowest BCUT2D eigenvalue weighted by atomic mass is 10.1. The number of benzene rings is 1. The SMILES string of the molecule is C[C@](CO)(OC[C@H]1O[C@@H](n2ncc3c(N[C@@H]4CCc5cc(F)ccc54)nc(Cl)nc32)[C@H](O)[C@@H]1O)P(=O)(O)O. The number of anilines is 1. The van der Waals surface area contributed by atoms with E-state index in [1.54, 1.807) is 6.07 Å². The topological polar surface area (TPSA) is 192 Å². The van der Waals surface area contributed by atoms with Crippen LogP contribution in [0.5, 0.6) is 0 Å². The molecule has 1 aliphatic carbocycles. The van der Waals surface area contributed by atoms with Crippen molar-refractivity contribution in [3.8, 4) is 0 Å². The van der Waals surface area contributed by atoms with Crippen LogP contribution < -0.4 is 5.32 Å². The highest BCUT2D eigenvalue weighted by atomic mass is 35.5. The van der Waals surface area contributed by atoms with Crippen LogP contribution in [0.25, 0.3) is 11.0 Å². The molecule has 16 heteroatoms. The molecular formula is C22H26ClFN5O8P. The molecule has 6 N–H and O–H groups in total. The normalized spacial score (nSPS) is 27.0. The first-order valence-electron chi connectivity index (χ1n) is 11.7. The second kappa shape index (κ2) is 10.0. The number of fused-ring (bicyclic) bond motifs is 2. The molecule has 13 nitrogen and oxygen atoms in total. The van der Waals surface area contributed by atoms with Crippen molar-refractivity contribution in [2.24, 2.45) is 0 Å². The average molecular weight is 574 g/mol. The van der Waals surface area contributed by atoms with Crippen LogP contribution in [-0.4, -0.2) is 81.7 Å². The standard InChI is InChI=1S/C22H26ClFN5O8P/c1-22(9-30,38(33,34)35)36-8-15-16(31)17(32)20(37-15)29-19-13(7-25-29)18(27-21(23)28-19)26-14-5-2-10-6-11(24)3-4-12(10)14/h3-4,6-7,14-17,20,30-32H,2,5,8-9H2,1H3,(H,26,27,28)(H2,33,34,35)/t14-,15-,16-,17-,20-,22+/m1/s1. The zero-order valence-electron chi connectivity index (χ0n) is 20.0. The van der Waals surface area contributed by atoms with Crippen LogP contribution >= 0.6 is 19.2 Å². The van der Waals surface area contributed by atoms with Crippen molar-refractivity contribution in [2.75, 3.05) is 18.5 Å². The maximum Gasteiger partial charge on any atom is 0.359 e. The number of nitrogens with one attached hydrogen (secondary N) is 1. The molecule has 6 atom stereocenters. The zero-order chi connectivity index (χ0) is 27.4. The van der Waals surface area contributed by atoms with Gasteiger partial charge < -0.3 is 39.9 Å². The molecule has 5 rings (SSSR count). The van der Waals surface area contributed by atoms with Gasteiger partial charge in [-0.15, -0.1) is 0 Å². The minimum absolute atomic E-state index is 0.118. The van der Waals surface area contributed by atoms with Crippen LogP contribution in [0.15, 0.2) is 24.4 Å². The lowest BCUT2D eigenvalue weighted by molar-refractivity contribution is -0.104. The molecule has 3 heterocycles. The van der Waals surface area contributed by atoms with Gasteiger partial charge in [-0.1, -0.05) is 6.07 Å². The molecular weight excluding hydrogens is 548 g/mol. The number of ether oxygens (including phenoxy) is 2. The van der Waals surface area contributed by atoms with Crippen LogP contribution in [0.3, 0.4) is 0 Å². The Morgan fingerprint density at radius 2 is 2.08 bits per heavy atom. The minimum atomic E-state index is -4.87. The summed E-state index contributed by atoms with van der Waals surface area (Å²) in [7, 11) is -4.87. The van der Waals surface area contributed by atoms with Crippen LogP contribution in [0, 0.1) is 5.82 Å². The molecule has 1 saturated heterocycles. The Bertz CT molecular complexity index is 1410. The lowest BCUT2D eigenvalue weighted by Crippen LogP contribution is -2.39. The van der Waals surface area contributed by atoms with Crippen LogP contribution in [0.1, 0.15) is 36.7 Å². The van der Waals surface area contributed by atoms with Crippen molar-refractivity contribution in [3.05, 3.63) is 46.6 Å². The van der Waals surface area contributed by atoms with Gasteiger partial charge in [-0.2, -0.15) is 15.1 Å². The molecule has 2 aliphatic rings. The Balaban J connectivity index is 1.39. The number of aryl methyl sites for hydroxylation is 1. The molecule has 1 aromatic carbocycles. The van der Waals surface area contributed by atoms with E-state index in [9.17, 15) is 34.1 Å². The highest BCUT2D eigenvalue weighted by molar-refractivity contribution is 7.53. The molecule has 206 valence electrons. The fourth-order valence-corrected chi connectivity index (χ4v) is 5.24. The summed E-state index contributed by atoms with van der Waals surface area (Å²) in [4.78, 5) is 27.4. The summed E-state index contributed by atoms with van der Waals surface area (Å²) in [5, 5.41) is 36.3. The zero-order valence-corrected chi connectivity index (χ0v) is 21.6. The smallest absolute Gasteiger partial charge is 0.359 e. The maximum atomic E-state index is 13.6. The first-order chi connectivity index (χ1) is 17.9. The number of hydrogen-bond acceptors (Lipinski definition) is 10. The molecule has 0 saturated carbocycles. The van der Waals surface area contributed by atoms with E-state index in [2.05, 4.69) is 20.4 Å². The summed E-state index contributed by atoms with van der Waals surface area (Å²) >= 11 is 6.20. The van der Waals surface area contributed by atoms with Gasteiger partial charge in [0.1, 0.15) is 29.9 Å². The van der Waals surface area contributed by atoms with Gasteiger partial charge >= 0.3 is 7.60 Å². The predicted molar refractivity (Wildman–Crippen MR) is 131 cm³/mol. The first-order valence-corrected chi connectivity index (χ1v) is 13.7. The van der Waals surface area contributed by atoms with E-state index in [0.29, 0.717) is 24.0 Å². The van der Waals surface area contributed by atoms with E-state index in [4.69, 9.17) is 21.1 Å². The summed E-state index contributed by atoms with van der Waals surface area (Å²) in [6, 6.07) is 4.46. The Hall–Kier alpha value is -2.26. The summed E-state index contributed by atoms with van der Waals surface area (Å²) < 4.78 is 37.5. The molecule has 1 fully saturated rings. The van der Waals surface area contributed by atoms with Gasteiger partial charge in [0.15, 0.2) is 17.2 Å². The number of hydrogen-bond donors (Lipinski definition) is 6. The van der Waals surface area contributed by atoms with Crippen LogP contribution in [0.4, 0.5) is 10.2 Å². The van der Waals surface area contributed by atoms with Crippen molar-refractivity contribution in [1.29, 1.82) is 0 Å². The molecule has 0 bridgehead atoms. The van der Waals surface area contributed by atoms with Crippen LogP contribution in [-0.2, 0) is 20.5 Å². The van der Waals surface area contributed by atoms with E-state index in [1.807, 2.05) is 0 Å². The van der Waals surface area contributed by atoms with Crippen molar-refractivity contribution in [2.45, 2.75) is 55.7 Å².